The van der Waals surface area contributed by atoms with Gasteiger partial charge in [-0.15, -0.1) is 11.3 Å². The van der Waals surface area contributed by atoms with Crippen LogP contribution in [0, 0.1) is 0 Å². The minimum Gasteiger partial charge on any atom is -0.437 e. The summed E-state index contributed by atoms with van der Waals surface area (Å²) < 4.78 is 5.21. The number of hydrogen-bond acceptors (Lipinski definition) is 6. The van der Waals surface area contributed by atoms with Crippen LogP contribution in [0.15, 0.2) is 21.9 Å². The smallest absolute Gasteiger partial charge is 0.223 e. The van der Waals surface area contributed by atoms with Crippen molar-refractivity contribution < 1.29 is 14.4 Å². The molecule has 0 aliphatic rings. The van der Waals surface area contributed by atoms with Crippen molar-refractivity contribution in [3.63, 3.8) is 0 Å². The zero-order valence-electron chi connectivity index (χ0n) is 8.35. The van der Waals surface area contributed by atoms with Crippen molar-refractivity contribution in [1.29, 1.82) is 0 Å². The highest BCUT2D eigenvalue weighted by Crippen LogP contribution is 2.27. The summed E-state index contributed by atoms with van der Waals surface area (Å²) in [4.78, 5) is 15.0. The molecule has 3 N–H and O–H groups in total. The average Bonchev–Trinajstić information content (AvgIpc) is 2.83. The van der Waals surface area contributed by atoms with Crippen LogP contribution >= 0.6 is 11.3 Å². The van der Waals surface area contributed by atoms with Gasteiger partial charge in [0.2, 0.25) is 11.8 Å². The Morgan fingerprint density at radius 2 is 2.38 bits per heavy atom. The Kier molecular flexibility index (Phi) is 2.88. The predicted octanol–water partition coefficient (Wildman–Crippen LogP) is 2.16. The van der Waals surface area contributed by atoms with E-state index in [0.717, 1.165) is 0 Å². The van der Waals surface area contributed by atoms with Gasteiger partial charge in [0.25, 0.3) is 0 Å². The minimum absolute atomic E-state index is 0.168. The third-order valence-corrected chi connectivity index (χ3v) is 2.51. The number of hydrogen-bond donors (Lipinski definition) is 3. The Morgan fingerprint density at radius 3 is 3.00 bits per heavy atom. The molecule has 2 heterocycles. The molecule has 0 aliphatic carbocycles. The van der Waals surface area contributed by atoms with Gasteiger partial charge in [0.15, 0.2) is 10.9 Å². The van der Waals surface area contributed by atoms with Gasteiger partial charge in [0, 0.05) is 18.4 Å². The van der Waals surface area contributed by atoms with Gasteiger partial charge in [0.1, 0.15) is 5.69 Å². The maximum Gasteiger partial charge on any atom is 0.223 e. The summed E-state index contributed by atoms with van der Waals surface area (Å²) in [6.45, 7) is 1.42. The van der Waals surface area contributed by atoms with E-state index in [1.165, 1.54) is 18.3 Å². The zero-order chi connectivity index (χ0) is 11.5. The molecule has 2 aromatic heterocycles. The molecule has 0 saturated carbocycles. The first-order valence-electron chi connectivity index (χ1n) is 4.42. The summed E-state index contributed by atoms with van der Waals surface area (Å²) in [6.07, 6.45) is 0. The fourth-order valence-corrected chi connectivity index (χ4v) is 1.88. The average molecular weight is 239 g/mol. The highest BCUT2D eigenvalue weighted by atomic mass is 32.1. The van der Waals surface area contributed by atoms with Crippen molar-refractivity contribution in [2.45, 2.75) is 6.92 Å². The van der Waals surface area contributed by atoms with E-state index in [4.69, 9.17) is 9.62 Å². The normalized spacial score (nSPS) is 10.1. The van der Waals surface area contributed by atoms with E-state index in [2.05, 4.69) is 10.3 Å². The summed E-state index contributed by atoms with van der Waals surface area (Å²) in [5.74, 6) is 0.589. The lowest BCUT2D eigenvalue weighted by atomic mass is 10.4. The van der Waals surface area contributed by atoms with Crippen LogP contribution in [-0.2, 0) is 4.79 Å². The Balaban J connectivity index is 2.20. The van der Waals surface area contributed by atoms with Crippen LogP contribution in [0.25, 0.3) is 11.5 Å². The quantitative estimate of drug-likeness (QED) is 0.714. The number of aromatic nitrogens is 1. The first-order valence-corrected chi connectivity index (χ1v) is 5.30. The van der Waals surface area contributed by atoms with Crippen molar-refractivity contribution in [2.24, 2.45) is 0 Å². The highest BCUT2D eigenvalue weighted by Gasteiger charge is 2.09. The van der Waals surface area contributed by atoms with Crippen molar-refractivity contribution in [2.75, 3.05) is 10.8 Å². The van der Waals surface area contributed by atoms with Crippen molar-refractivity contribution in [3.8, 4) is 11.5 Å². The lowest BCUT2D eigenvalue weighted by Crippen LogP contribution is -2.04. The Labute approximate surface area is 94.9 Å². The van der Waals surface area contributed by atoms with Crippen molar-refractivity contribution in [1.82, 2.24) is 4.98 Å². The van der Waals surface area contributed by atoms with Gasteiger partial charge >= 0.3 is 0 Å². The maximum absolute atomic E-state index is 10.8. The Bertz CT molecular complexity index is 506. The van der Waals surface area contributed by atoms with E-state index in [1.807, 2.05) is 5.48 Å². The molecule has 0 radical (unpaired) electrons. The van der Waals surface area contributed by atoms with Crippen LogP contribution < -0.4 is 10.8 Å². The summed E-state index contributed by atoms with van der Waals surface area (Å²) in [5, 5.41) is 13.4. The molecule has 0 saturated heterocycles. The molecule has 84 valence electrons. The fraction of sp³-hybridized carbons (Fsp3) is 0.111. The van der Waals surface area contributed by atoms with E-state index < -0.39 is 0 Å². The van der Waals surface area contributed by atoms with Gasteiger partial charge in [-0.1, -0.05) is 0 Å². The molecule has 0 atom stereocenters. The van der Waals surface area contributed by atoms with E-state index in [-0.39, 0.29) is 11.8 Å². The molecule has 1 amide bonds. The zero-order valence-corrected chi connectivity index (χ0v) is 9.17. The molecule has 2 rings (SSSR count). The molecule has 0 fully saturated rings. The van der Waals surface area contributed by atoms with Gasteiger partial charge < -0.3 is 9.73 Å². The van der Waals surface area contributed by atoms with E-state index in [0.29, 0.717) is 16.6 Å². The van der Waals surface area contributed by atoms with Crippen LogP contribution in [-0.4, -0.2) is 16.1 Å². The largest absolute Gasteiger partial charge is 0.437 e. The second-order valence-electron chi connectivity index (χ2n) is 2.99. The maximum atomic E-state index is 10.8. The number of furan rings is 1. The highest BCUT2D eigenvalue weighted by molar-refractivity contribution is 7.14. The Hall–Kier alpha value is -1.86. The second kappa shape index (κ2) is 4.33. The lowest BCUT2D eigenvalue weighted by Gasteiger charge is -1.93. The predicted molar refractivity (Wildman–Crippen MR) is 59.5 cm³/mol. The number of amides is 1. The van der Waals surface area contributed by atoms with Crippen LogP contribution in [0.4, 0.5) is 11.0 Å². The number of thiazole rings is 1. The minimum atomic E-state index is -0.168. The van der Waals surface area contributed by atoms with Crippen molar-refractivity contribution in [3.05, 3.63) is 17.5 Å². The molecule has 0 spiro atoms. The van der Waals surface area contributed by atoms with E-state index in [1.54, 1.807) is 17.5 Å². The third-order valence-electron chi connectivity index (χ3n) is 1.76. The van der Waals surface area contributed by atoms with E-state index >= 15 is 0 Å². The number of carbonyl (C=O) groups excluding carboxylic acids is 1. The van der Waals surface area contributed by atoms with Gasteiger partial charge in [-0.3, -0.25) is 10.0 Å². The second-order valence-corrected chi connectivity index (χ2v) is 3.85. The molecule has 6 nitrogen and oxygen atoms in total. The van der Waals surface area contributed by atoms with Crippen LogP contribution in [0.3, 0.4) is 0 Å². The molecule has 0 aromatic carbocycles. The molecule has 2 aromatic rings. The third kappa shape index (κ3) is 2.20. The first-order chi connectivity index (χ1) is 7.69. The number of nitrogens with zero attached hydrogens (tertiary/aromatic N) is 1. The monoisotopic (exact) mass is 239 g/mol. The molecular weight excluding hydrogens is 230 g/mol. The molecule has 7 heteroatoms. The molecular formula is C9H9N3O3S. The number of carbonyl (C=O) groups is 1. The van der Waals surface area contributed by atoms with Gasteiger partial charge in [-0.05, 0) is 6.07 Å². The van der Waals surface area contributed by atoms with Gasteiger partial charge in [0.05, 0.1) is 0 Å². The summed E-state index contributed by atoms with van der Waals surface area (Å²) >= 11 is 1.30. The summed E-state index contributed by atoms with van der Waals surface area (Å²) in [5.41, 5.74) is 2.50. The fourth-order valence-electron chi connectivity index (χ4n) is 1.13. The van der Waals surface area contributed by atoms with Crippen LogP contribution in [0.5, 0.6) is 0 Å². The molecule has 0 bridgehead atoms. The SMILES string of the molecule is CC(=O)Nc1nc(-c2ccc(NO)o2)cs1. The molecule has 16 heavy (non-hydrogen) atoms. The Morgan fingerprint density at radius 1 is 1.56 bits per heavy atom. The summed E-state index contributed by atoms with van der Waals surface area (Å²) in [6, 6.07) is 3.25. The number of anilines is 2. The molecule has 0 unspecified atom stereocenters. The van der Waals surface area contributed by atoms with Crippen LogP contribution in [0.2, 0.25) is 0 Å². The molecule has 0 aliphatic heterocycles. The van der Waals surface area contributed by atoms with Gasteiger partial charge in [-0.2, -0.15) is 0 Å². The number of nitrogens with one attached hydrogen (secondary N) is 2. The summed E-state index contributed by atoms with van der Waals surface area (Å²) in [7, 11) is 0. The lowest BCUT2D eigenvalue weighted by molar-refractivity contribution is -0.114. The van der Waals surface area contributed by atoms with Crippen molar-refractivity contribution >= 4 is 28.3 Å². The van der Waals surface area contributed by atoms with Gasteiger partial charge in [-0.25, -0.2) is 10.5 Å². The topological polar surface area (TPSA) is 87.4 Å². The van der Waals surface area contributed by atoms with E-state index in [9.17, 15) is 4.79 Å². The number of rotatable bonds is 3. The first kappa shape index (κ1) is 10.7. The van der Waals surface area contributed by atoms with Crippen LogP contribution in [0.1, 0.15) is 6.92 Å². The standard InChI is InChI=1S/C9H9N3O3S/c1-5(13)10-9-11-6(4-16-9)7-2-3-8(12-14)15-7/h2-4,12,14H,1H3,(H,10,11,13).